The van der Waals surface area contributed by atoms with Gasteiger partial charge in [-0.3, -0.25) is 0 Å². The zero-order chi connectivity index (χ0) is 26.0. The molecule has 8 heteroatoms. The monoisotopic (exact) mass is 486 g/mol. The van der Waals surface area contributed by atoms with Gasteiger partial charge < -0.3 is 18.9 Å². The van der Waals surface area contributed by atoms with E-state index in [9.17, 15) is 14.4 Å². The molecule has 0 amide bonds. The third kappa shape index (κ3) is 6.83. The summed E-state index contributed by atoms with van der Waals surface area (Å²) in [6, 6.07) is 24.0. The maximum Gasteiger partial charge on any atom is 0.338 e. The van der Waals surface area contributed by atoms with E-state index >= 15 is 0 Å². The van der Waals surface area contributed by atoms with Crippen LogP contribution in [-0.4, -0.2) is 58.2 Å². The van der Waals surface area contributed by atoms with E-state index in [2.05, 4.69) is 0 Å². The van der Waals surface area contributed by atoms with E-state index in [4.69, 9.17) is 26.8 Å². The Balaban J connectivity index is 1.78. The zero-order valence-electron chi connectivity index (χ0n) is 20.2. The van der Waals surface area contributed by atoms with Gasteiger partial charge in [0, 0.05) is 7.11 Å². The van der Waals surface area contributed by atoms with Crippen LogP contribution in [0.5, 0.6) is 0 Å². The molecule has 3 rings (SSSR count). The highest BCUT2D eigenvalue weighted by atomic mass is 16.6. The first-order chi connectivity index (χ1) is 17.3. The number of carbonyl (C=O) groups excluding carboxylic acids is 3. The normalized spacial score (nSPS) is 14.1. The van der Waals surface area contributed by atoms with Crippen molar-refractivity contribution < 1.29 is 33.3 Å². The quantitative estimate of drug-likeness (QED) is 0.229. The van der Waals surface area contributed by atoms with Gasteiger partial charge in [-0.25, -0.2) is 14.4 Å². The highest BCUT2D eigenvalue weighted by Crippen LogP contribution is 2.31. The summed E-state index contributed by atoms with van der Waals surface area (Å²) in [6.45, 7) is 1.14. The third-order valence-electron chi connectivity index (χ3n) is 5.81. The molecule has 0 saturated heterocycles. The fraction of sp³-hybridized carbons (Fsp3) is 0.250. The van der Waals surface area contributed by atoms with Crippen LogP contribution in [0.15, 0.2) is 91.0 Å². The molecule has 0 saturated carbocycles. The minimum Gasteiger partial charge on any atom is -0.468 e. The Morgan fingerprint density at radius 2 is 1.14 bits per heavy atom. The number of carbonyl (C=O) groups is 3. The lowest BCUT2D eigenvalue weighted by Gasteiger charge is -2.40. The molecule has 36 heavy (non-hydrogen) atoms. The molecule has 3 aromatic rings. The molecule has 0 bridgehead atoms. The molecule has 0 heterocycles. The largest absolute Gasteiger partial charge is 0.468 e. The van der Waals surface area contributed by atoms with Crippen LogP contribution in [-0.2, 0) is 18.9 Å². The van der Waals surface area contributed by atoms with Crippen molar-refractivity contribution in [2.45, 2.75) is 19.0 Å². The predicted octanol–water partition coefficient (Wildman–Crippen LogP) is 4.07. The van der Waals surface area contributed by atoms with Gasteiger partial charge in [-0.15, -0.1) is 0 Å². The molecule has 2 unspecified atom stereocenters. The highest BCUT2D eigenvalue weighted by Gasteiger charge is 2.44. The number of hydrogen-bond acceptors (Lipinski definition) is 7. The van der Waals surface area contributed by atoms with E-state index in [-0.39, 0.29) is 13.2 Å². The second kappa shape index (κ2) is 12.7. The van der Waals surface area contributed by atoms with E-state index < -0.39 is 35.4 Å². The van der Waals surface area contributed by atoms with Gasteiger partial charge >= 0.3 is 17.9 Å². The minimum atomic E-state index is -1.28. The third-order valence-corrected chi connectivity index (χ3v) is 5.81. The molecule has 3 atom stereocenters. The number of rotatable bonds is 11. The zero-order valence-corrected chi connectivity index (χ0v) is 20.2. The fourth-order valence-electron chi connectivity index (χ4n) is 3.47. The van der Waals surface area contributed by atoms with Crippen molar-refractivity contribution in [2.75, 3.05) is 20.3 Å². The van der Waals surface area contributed by atoms with Crippen molar-refractivity contribution in [3.8, 4) is 0 Å². The SMILES string of the molecule is [B]C(OC(=O)c1ccccc1)[C@@](C)(COC(=O)c1ccccc1)C(COC(=O)c1ccccc1)OC. The van der Waals surface area contributed by atoms with E-state index in [1.54, 1.807) is 97.9 Å². The first kappa shape index (κ1) is 26.7. The summed E-state index contributed by atoms with van der Waals surface area (Å²) in [5.41, 5.74) is -0.259. The average Bonchev–Trinajstić information content (AvgIpc) is 2.93. The van der Waals surface area contributed by atoms with Gasteiger partial charge in [0.15, 0.2) is 0 Å². The Bertz CT molecular complexity index is 1140. The maximum absolute atomic E-state index is 12.7. The standard InChI is InChI=1S/C28H27BO7/c1-28(19-35-25(31)21-14-8-4-9-15-21,27(29)36-26(32)22-16-10-5-11-17-22)23(33-2)18-34-24(30)20-12-6-3-7-13-20/h3-17,23,27H,18-19H2,1-2H3/t23?,27?,28-/m0/s1. The van der Waals surface area contributed by atoms with Crippen molar-refractivity contribution in [3.63, 3.8) is 0 Å². The Morgan fingerprint density at radius 3 is 1.58 bits per heavy atom. The molecule has 2 radical (unpaired) electrons. The molecule has 0 fully saturated rings. The second-order valence-corrected chi connectivity index (χ2v) is 8.33. The van der Waals surface area contributed by atoms with Crippen molar-refractivity contribution in [2.24, 2.45) is 5.41 Å². The van der Waals surface area contributed by atoms with Gasteiger partial charge in [-0.05, 0) is 36.4 Å². The smallest absolute Gasteiger partial charge is 0.338 e. The van der Waals surface area contributed by atoms with Crippen LogP contribution >= 0.6 is 0 Å². The highest BCUT2D eigenvalue weighted by molar-refractivity contribution is 6.13. The second-order valence-electron chi connectivity index (χ2n) is 8.33. The van der Waals surface area contributed by atoms with Crippen LogP contribution in [0.3, 0.4) is 0 Å². The van der Waals surface area contributed by atoms with E-state index in [1.807, 2.05) is 0 Å². The summed E-state index contributed by atoms with van der Waals surface area (Å²) in [7, 11) is 7.76. The van der Waals surface area contributed by atoms with Gasteiger partial charge in [0.2, 0.25) is 0 Å². The first-order valence-electron chi connectivity index (χ1n) is 11.3. The van der Waals surface area contributed by atoms with Crippen LogP contribution in [0.2, 0.25) is 0 Å². The summed E-state index contributed by atoms with van der Waals surface area (Å²) in [6.07, 6.45) is -0.882. The molecule has 184 valence electrons. The van der Waals surface area contributed by atoms with Crippen molar-refractivity contribution in [3.05, 3.63) is 108 Å². The van der Waals surface area contributed by atoms with Crippen molar-refractivity contribution in [1.82, 2.24) is 0 Å². The fourth-order valence-corrected chi connectivity index (χ4v) is 3.47. The van der Waals surface area contributed by atoms with E-state index in [1.165, 1.54) is 7.11 Å². The number of benzene rings is 3. The molecule has 0 spiro atoms. The Morgan fingerprint density at radius 1 is 0.722 bits per heavy atom. The summed E-state index contributed by atoms with van der Waals surface area (Å²) >= 11 is 0. The van der Waals surface area contributed by atoms with Gasteiger partial charge in [0.25, 0.3) is 0 Å². The minimum absolute atomic E-state index is 0.222. The van der Waals surface area contributed by atoms with Crippen LogP contribution in [0.4, 0.5) is 0 Å². The van der Waals surface area contributed by atoms with Gasteiger partial charge in [0.1, 0.15) is 27.2 Å². The molecule has 0 N–H and O–H groups in total. The molecule has 0 aliphatic carbocycles. The summed E-state index contributed by atoms with van der Waals surface area (Å²) in [4.78, 5) is 37.8. The van der Waals surface area contributed by atoms with Crippen molar-refractivity contribution >= 4 is 25.8 Å². The topological polar surface area (TPSA) is 88.1 Å². The predicted molar refractivity (Wildman–Crippen MR) is 134 cm³/mol. The Labute approximate surface area is 211 Å². The van der Waals surface area contributed by atoms with Gasteiger partial charge in [0.05, 0.1) is 28.1 Å². The lowest BCUT2D eigenvalue weighted by molar-refractivity contribution is -0.106. The van der Waals surface area contributed by atoms with Gasteiger partial charge in [-0.2, -0.15) is 0 Å². The Hall–Kier alpha value is -3.91. The lowest BCUT2D eigenvalue weighted by atomic mass is 9.70. The van der Waals surface area contributed by atoms with E-state index in [0.29, 0.717) is 16.7 Å². The Kier molecular flexibility index (Phi) is 9.42. The summed E-state index contributed by atoms with van der Waals surface area (Å²) < 4.78 is 22.2. The summed E-state index contributed by atoms with van der Waals surface area (Å²) in [5.74, 6) is -1.80. The lowest BCUT2D eigenvalue weighted by Crippen LogP contribution is -2.52. The number of ether oxygens (including phenoxy) is 4. The first-order valence-corrected chi connectivity index (χ1v) is 11.3. The number of methoxy groups -OCH3 is 1. The van der Waals surface area contributed by atoms with Crippen LogP contribution in [0.25, 0.3) is 0 Å². The molecular weight excluding hydrogens is 459 g/mol. The average molecular weight is 486 g/mol. The van der Waals surface area contributed by atoms with Crippen LogP contribution in [0, 0.1) is 5.41 Å². The number of esters is 3. The van der Waals surface area contributed by atoms with Crippen LogP contribution in [0.1, 0.15) is 38.0 Å². The molecule has 0 aromatic heterocycles. The van der Waals surface area contributed by atoms with E-state index in [0.717, 1.165) is 0 Å². The number of hydrogen-bond donors (Lipinski definition) is 0. The molecular formula is C28H27BO7. The van der Waals surface area contributed by atoms with Crippen LogP contribution < -0.4 is 0 Å². The van der Waals surface area contributed by atoms with Crippen molar-refractivity contribution in [1.29, 1.82) is 0 Å². The molecule has 0 aliphatic rings. The maximum atomic E-state index is 12.7. The van der Waals surface area contributed by atoms with Gasteiger partial charge in [-0.1, -0.05) is 61.5 Å². The molecule has 0 aliphatic heterocycles. The molecule has 7 nitrogen and oxygen atoms in total. The molecule has 3 aromatic carbocycles. The summed E-state index contributed by atoms with van der Waals surface area (Å²) in [5, 5.41) is 0.